The molecule has 3 nitrogen and oxygen atoms in total. The monoisotopic (exact) mass is 458 g/mol. The van der Waals surface area contributed by atoms with Gasteiger partial charge < -0.3 is 15.3 Å². The highest BCUT2D eigenvalue weighted by atomic mass is 16.3. The molecule has 0 heterocycles. The summed E-state index contributed by atoms with van der Waals surface area (Å²) in [7, 11) is 0. The van der Waals surface area contributed by atoms with E-state index in [1.807, 2.05) is 6.92 Å². The number of aliphatic hydroxyl groups excluding tert-OH is 3. The summed E-state index contributed by atoms with van der Waals surface area (Å²) < 4.78 is 0. The Balaban J connectivity index is 1.59. The Hall–Kier alpha value is -0.380. The van der Waals surface area contributed by atoms with E-state index in [0.717, 1.165) is 19.3 Å². The van der Waals surface area contributed by atoms with Crippen LogP contribution in [0.15, 0.2) is 11.6 Å². The highest BCUT2D eigenvalue weighted by Crippen LogP contribution is 2.75. The van der Waals surface area contributed by atoms with Gasteiger partial charge in [0.25, 0.3) is 0 Å². The van der Waals surface area contributed by atoms with Crippen molar-refractivity contribution in [2.45, 2.75) is 118 Å². The molecule has 5 rings (SSSR count). The molecule has 4 saturated carbocycles. The van der Waals surface area contributed by atoms with Crippen molar-refractivity contribution in [3.8, 4) is 0 Å². The van der Waals surface area contributed by atoms with Crippen molar-refractivity contribution in [2.75, 3.05) is 6.61 Å². The summed E-state index contributed by atoms with van der Waals surface area (Å²) in [5.41, 5.74) is 2.36. The Morgan fingerprint density at radius 2 is 1.52 bits per heavy atom. The molecule has 33 heavy (non-hydrogen) atoms. The molecule has 188 valence electrons. The summed E-state index contributed by atoms with van der Waals surface area (Å²) in [5.74, 6) is 1.42. The largest absolute Gasteiger partial charge is 0.396 e. The van der Waals surface area contributed by atoms with Crippen molar-refractivity contribution >= 4 is 0 Å². The van der Waals surface area contributed by atoms with Gasteiger partial charge in [0, 0.05) is 5.41 Å². The fraction of sp³-hybridized carbons (Fsp3) is 0.933. The van der Waals surface area contributed by atoms with Crippen LogP contribution in [0.4, 0.5) is 0 Å². The summed E-state index contributed by atoms with van der Waals surface area (Å²) in [6, 6.07) is 0. The van der Waals surface area contributed by atoms with Gasteiger partial charge >= 0.3 is 0 Å². The molecular weight excluding hydrogens is 408 g/mol. The highest BCUT2D eigenvalue weighted by Gasteiger charge is 2.69. The fourth-order valence-electron chi connectivity index (χ4n) is 10.7. The van der Waals surface area contributed by atoms with E-state index in [0.29, 0.717) is 29.1 Å². The normalized spacial score (nSPS) is 57.8. The third-order valence-corrected chi connectivity index (χ3v) is 13.2. The number of fused-ring (bicyclic) bond motifs is 7. The first-order valence-corrected chi connectivity index (χ1v) is 13.8. The molecule has 3 N–H and O–H groups in total. The highest BCUT2D eigenvalue weighted by molar-refractivity contribution is 5.33. The summed E-state index contributed by atoms with van der Waals surface area (Å²) >= 11 is 0. The second-order valence-corrected chi connectivity index (χ2v) is 15.2. The molecule has 0 saturated heterocycles. The molecule has 0 aliphatic heterocycles. The van der Waals surface area contributed by atoms with Crippen LogP contribution in [0.3, 0.4) is 0 Å². The first-order chi connectivity index (χ1) is 15.2. The Kier molecular flexibility index (Phi) is 5.23. The van der Waals surface area contributed by atoms with Gasteiger partial charge in [-0.1, -0.05) is 60.1 Å². The fourth-order valence-corrected chi connectivity index (χ4v) is 10.7. The third-order valence-electron chi connectivity index (χ3n) is 13.2. The van der Waals surface area contributed by atoms with Crippen molar-refractivity contribution in [3.63, 3.8) is 0 Å². The molecular formula is C30H50O3. The smallest absolute Gasteiger partial charge is 0.0877 e. The molecule has 5 aliphatic rings. The SMILES string of the molecule is CC1(C)CCC2(C)CCC3(C)C(=CCC4C5(C)CC(O)C(O)C(C)(CO)C5CCC43C)C2C1. The van der Waals surface area contributed by atoms with E-state index in [9.17, 15) is 15.3 Å². The molecule has 0 radical (unpaired) electrons. The number of aliphatic hydroxyl groups is 3. The predicted octanol–water partition coefficient (Wildman–Crippen LogP) is 6.11. The van der Waals surface area contributed by atoms with Crippen molar-refractivity contribution < 1.29 is 15.3 Å². The van der Waals surface area contributed by atoms with Gasteiger partial charge in [-0.3, -0.25) is 0 Å². The summed E-state index contributed by atoms with van der Waals surface area (Å²) in [6.45, 7) is 17.1. The third kappa shape index (κ3) is 2.97. The maximum atomic E-state index is 11.0. The van der Waals surface area contributed by atoms with Gasteiger partial charge in [-0.2, -0.15) is 0 Å². The minimum Gasteiger partial charge on any atom is -0.396 e. The van der Waals surface area contributed by atoms with Crippen LogP contribution in [0.25, 0.3) is 0 Å². The number of allylic oxidation sites excluding steroid dienone is 2. The van der Waals surface area contributed by atoms with Gasteiger partial charge in [0.1, 0.15) is 0 Å². The summed E-state index contributed by atoms with van der Waals surface area (Å²) in [6.07, 6.45) is 11.7. The van der Waals surface area contributed by atoms with E-state index < -0.39 is 17.6 Å². The Morgan fingerprint density at radius 1 is 0.848 bits per heavy atom. The van der Waals surface area contributed by atoms with Crippen molar-refractivity contribution in [2.24, 2.45) is 50.2 Å². The Morgan fingerprint density at radius 3 is 2.18 bits per heavy atom. The van der Waals surface area contributed by atoms with Crippen molar-refractivity contribution in [1.82, 2.24) is 0 Å². The lowest BCUT2D eigenvalue weighted by molar-refractivity contribution is -0.243. The van der Waals surface area contributed by atoms with E-state index in [2.05, 4.69) is 47.6 Å². The first kappa shape index (κ1) is 24.3. The number of rotatable bonds is 1. The molecule has 10 unspecified atom stereocenters. The van der Waals surface area contributed by atoms with Gasteiger partial charge in [-0.15, -0.1) is 0 Å². The van der Waals surface area contributed by atoms with E-state index in [4.69, 9.17) is 0 Å². The van der Waals surface area contributed by atoms with Gasteiger partial charge in [-0.05, 0) is 103 Å². The maximum absolute atomic E-state index is 11.0. The van der Waals surface area contributed by atoms with Crippen LogP contribution < -0.4 is 0 Å². The maximum Gasteiger partial charge on any atom is 0.0877 e. The van der Waals surface area contributed by atoms with Crippen LogP contribution in [0.5, 0.6) is 0 Å². The molecule has 10 atom stereocenters. The number of hydrogen-bond acceptors (Lipinski definition) is 3. The molecule has 0 aromatic rings. The predicted molar refractivity (Wildman–Crippen MR) is 134 cm³/mol. The number of hydrogen-bond donors (Lipinski definition) is 3. The Bertz CT molecular complexity index is 847. The zero-order chi connectivity index (χ0) is 24.2. The molecule has 0 amide bonds. The molecule has 0 spiro atoms. The molecule has 0 aromatic heterocycles. The zero-order valence-corrected chi connectivity index (χ0v) is 22.4. The van der Waals surface area contributed by atoms with Crippen LogP contribution in [0.1, 0.15) is 106 Å². The van der Waals surface area contributed by atoms with Gasteiger partial charge in [0.15, 0.2) is 0 Å². The first-order valence-electron chi connectivity index (χ1n) is 13.8. The van der Waals surface area contributed by atoms with Crippen LogP contribution in [0.2, 0.25) is 0 Å². The van der Waals surface area contributed by atoms with Crippen LogP contribution in [0, 0.1) is 50.2 Å². The molecule has 0 bridgehead atoms. The van der Waals surface area contributed by atoms with Crippen LogP contribution in [-0.2, 0) is 0 Å². The standard InChI is InChI=1S/C30H50O3/c1-25(2)12-13-26(3)14-15-29(6)19(20(26)16-25)8-9-23-27(4)17-21(32)24(33)28(5,18-31)22(27)10-11-30(23,29)7/h8,20-24,31-33H,9-18H2,1-7H3. The molecule has 4 fully saturated rings. The lowest BCUT2D eigenvalue weighted by atomic mass is 9.33. The van der Waals surface area contributed by atoms with Crippen LogP contribution >= 0.6 is 0 Å². The lowest BCUT2D eigenvalue weighted by Gasteiger charge is -2.71. The van der Waals surface area contributed by atoms with Crippen molar-refractivity contribution in [1.29, 1.82) is 0 Å². The summed E-state index contributed by atoms with van der Waals surface area (Å²) in [4.78, 5) is 0. The average molecular weight is 459 g/mol. The van der Waals surface area contributed by atoms with Gasteiger partial charge in [0.2, 0.25) is 0 Å². The molecule has 0 aromatic carbocycles. The topological polar surface area (TPSA) is 60.7 Å². The minimum absolute atomic E-state index is 0.0528. The second kappa shape index (κ2) is 7.10. The second-order valence-electron chi connectivity index (χ2n) is 15.2. The van der Waals surface area contributed by atoms with E-state index >= 15 is 0 Å². The molecule has 5 aliphatic carbocycles. The van der Waals surface area contributed by atoms with E-state index in [-0.39, 0.29) is 28.8 Å². The zero-order valence-electron chi connectivity index (χ0n) is 22.4. The molecule has 3 heteroatoms. The Labute approximate surface area is 202 Å². The average Bonchev–Trinajstić information content (AvgIpc) is 2.73. The quantitative estimate of drug-likeness (QED) is 0.415. The lowest BCUT2D eigenvalue weighted by Crippen LogP contribution is -2.67. The van der Waals surface area contributed by atoms with Crippen molar-refractivity contribution in [3.05, 3.63) is 11.6 Å². The van der Waals surface area contributed by atoms with Gasteiger partial charge in [-0.25, -0.2) is 0 Å². The van der Waals surface area contributed by atoms with Gasteiger partial charge in [0.05, 0.1) is 18.8 Å². The minimum atomic E-state index is -0.838. The van der Waals surface area contributed by atoms with E-state index in [1.165, 1.54) is 32.1 Å². The van der Waals surface area contributed by atoms with Crippen LogP contribution in [-0.4, -0.2) is 34.1 Å². The summed E-state index contributed by atoms with van der Waals surface area (Å²) in [5, 5.41) is 32.3. The van der Waals surface area contributed by atoms with E-state index in [1.54, 1.807) is 5.57 Å².